The summed E-state index contributed by atoms with van der Waals surface area (Å²) in [5.41, 5.74) is 7.42. The molecule has 0 bridgehead atoms. The zero-order chi connectivity index (χ0) is 17.4. The highest BCUT2D eigenvalue weighted by atomic mass is 35.5. The number of carbonyl (C=O) groups is 1. The normalized spacial score (nSPS) is 11.3. The van der Waals surface area contributed by atoms with Crippen molar-refractivity contribution in [2.24, 2.45) is 11.7 Å². The second kappa shape index (κ2) is 10.7. The number of halogens is 1. The lowest BCUT2D eigenvalue weighted by Gasteiger charge is -2.11. The topological polar surface area (TPSA) is 73.6 Å². The smallest absolute Gasteiger partial charge is 0.228 e. The van der Waals surface area contributed by atoms with Gasteiger partial charge in [-0.2, -0.15) is 0 Å². The molecule has 2 aromatic carbocycles. The van der Waals surface area contributed by atoms with Crippen LogP contribution in [0.2, 0.25) is 0 Å². The van der Waals surface area contributed by atoms with E-state index in [1.54, 1.807) is 14.0 Å². The fourth-order valence-corrected chi connectivity index (χ4v) is 2.06. The summed E-state index contributed by atoms with van der Waals surface area (Å²) in [6.45, 7) is 2.83. The SMILES string of the molecule is COCCc1ccc(Oc2ccc(NC(=O)C(C)CN)cc2)cc1.Cl. The van der Waals surface area contributed by atoms with Gasteiger partial charge in [-0.3, -0.25) is 4.79 Å². The average Bonchev–Trinajstić information content (AvgIpc) is 2.62. The fraction of sp³-hybridized carbons (Fsp3) is 0.316. The van der Waals surface area contributed by atoms with Gasteiger partial charge in [0.25, 0.3) is 0 Å². The maximum Gasteiger partial charge on any atom is 0.228 e. The molecule has 2 rings (SSSR count). The van der Waals surface area contributed by atoms with E-state index in [1.165, 1.54) is 5.56 Å². The van der Waals surface area contributed by atoms with E-state index < -0.39 is 0 Å². The van der Waals surface area contributed by atoms with E-state index in [2.05, 4.69) is 5.32 Å². The highest BCUT2D eigenvalue weighted by Crippen LogP contribution is 2.23. The van der Waals surface area contributed by atoms with Gasteiger partial charge in [0.2, 0.25) is 5.91 Å². The first-order valence-corrected chi connectivity index (χ1v) is 7.99. The van der Waals surface area contributed by atoms with Crippen LogP contribution in [0.3, 0.4) is 0 Å². The van der Waals surface area contributed by atoms with Crippen LogP contribution in [0.25, 0.3) is 0 Å². The van der Waals surface area contributed by atoms with Crippen LogP contribution in [0.15, 0.2) is 48.5 Å². The van der Waals surface area contributed by atoms with Crippen molar-refractivity contribution < 1.29 is 14.3 Å². The number of rotatable bonds is 8. The maximum absolute atomic E-state index is 11.8. The molecule has 0 fully saturated rings. The maximum atomic E-state index is 11.8. The second-order valence-electron chi connectivity index (χ2n) is 5.64. The first-order chi connectivity index (χ1) is 11.6. The van der Waals surface area contributed by atoms with Gasteiger partial charge in [0.1, 0.15) is 11.5 Å². The van der Waals surface area contributed by atoms with Gasteiger partial charge in [-0.05, 0) is 48.4 Å². The van der Waals surface area contributed by atoms with Crippen LogP contribution in [0, 0.1) is 5.92 Å². The Morgan fingerprint density at radius 2 is 1.64 bits per heavy atom. The molecule has 1 unspecified atom stereocenters. The summed E-state index contributed by atoms with van der Waals surface area (Å²) in [6, 6.07) is 15.2. The number of ether oxygens (including phenoxy) is 2. The van der Waals surface area contributed by atoms with Crippen LogP contribution in [0.4, 0.5) is 5.69 Å². The van der Waals surface area contributed by atoms with E-state index in [-0.39, 0.29) is 24.2 Å². The third-order valence-corrected chi connectivity index (χ3v) is 3.68. The zero-order valence-corrected chi connectivity index (χ0v) is 15.3. The summed E-state index contributed by atoms with van der Waals surface area (Å²) >= 11 is 0. The van der Waals surface area contributed by atoms with Gasteiger partial charge in [0.15, 0.2) is 0 Å². The number of benzene rings is 2. The number of carbonyl (C=O) groups excluding carboxylic acids is 1. The van der Waals surface area contributed by atoms with Gasteiger partial charge in [0.05, 0.1) is 6.61 Å². The Bertz CT molecular complexity index is 645. The Balaban J connectivity index is 0.00000312. The zero-order valence-electron chi connectivity index (χ0n) is 14.5. The molecule has 1 atom stereocenters. The molecule has 0 aliphatic heterocycles. The molecule has 0 spiro atoms. The molecule has 0 saturated heterocycles. The third kappa shape index (κ3) is 6.74. The molecule has 0 radical (unpaired) electrons. The molecule has 1 amide bonds. The van der Waals surface area contributed by atoms with E-state index in [9.17, 15) is 4.79 Å². The van der Waals surface area contributed by atoms with E-state index in [1.807, 2.05) is 48.5 Å². The van der Waals surface area contributed by atoms with Crippen molar-refractivity contribution in [1.29, 1.82) is 0 Å². The minimum atomic E-state index is -0.211. The minimum absolute atomic E-state index is 0. The number of anilines is 1. The van der Waals surface area contributed by atoms with Crippen molar-refractivity contribution in [2.45, 2.75) is 13.3 Å². The van der Waals surface area contributed by atoms with Gasteiger partial charge in [-0.1, -0.05) is 19.1 Å². The van der Waals surface area contributed by atoms with Crippen molar-refractivity contribution in [1.82, 2.24) is 0 Å². The Morgan fingerprint density at radius 3 is 2.16 bits per heavy atom. The highest BCUT2D eigenvalue weighted by Gasteiger charge is 2.10. The Labute approximate surface area is 154 Å². The molecule has 136 valence electrons. The number of nitrogens with one attached hydrogen (secondary N) is 1. The van der Waals surface area contributed by atoms with Gasteiger partial charge in [-0.15, -0.1) is 12.4 Å². The lowest BCUT2D eigenvalue weighted by atomic mass is 10.1. The number of hydrogen-bond acceptors (Lipinski definition) is 4. The van der Waals surface area contributed by atoms with Gasteiger partial charge >= 0.3 is 0 Å². The van der Waals surface area contributed by atoms with E-state index in [0.717, 1.165) is 17.9 Å². The molecule has 5 nitrogen and oxygen atoms in total. The first kappa shape index (κ1) is 21.0. The van der Waals surface area contributed by atoms with Gasteiger partial charge in [0, 0.05) is 25.3 Å². The molecule has 0 saturated carbocycles. The molecule has 2 aromatic rings. The lowest BCUT2D eigenvalue weighted by Crippen LogP contribution is -2.26. The lowest BCUT2D eigenvalue weighted by molar-refractivity contribution is -0.119. The standard InChI is InChI=1S/C19H24N2O3.ClH/c1-14(13-20)19(22)21-16-5-9-18(10-6-16)24-17-7-3-15(4-8-17)11-12-23-2;/h3-10,14H,11-13,20H2,1-2H3,(H,21,22);1H. The summed E-state index contributed by atoms with van der Waals surface area (Å²) in [6.07, 6.45) is 0.881. The summed E-state index contributed by atoms with van der Waals surface area (Å²) in [5.74, 6) is 1.18. The summed E-state index contributed by atoms with van der Waals surface area (Å²) in [7, 11) is 1.69. The minimum Gasteiger partial charge on any atom is -0.457 e. The fourth-order valence-electron chi connectivity index (χ4n) is 2.06. The van der Waals surface area contributed by atoms with Crippen molar-refractivity contribution >= 4 is 24.0 Å². The Morgan fingerprint density at radius 1 is 1.08 bits per heavy atom. The predicted molar refractivity (Wildman–Crippen MR) is 103 cm³/mol. The van der Waals surface area contributed by atoms with Crippen molar-refractivity contribution in [3.63, 3.8) is 0 Å². The Kier molecular flexibility index (Phi) is 8.99. The highest BCUT2D eigenvalue weighted by molar-refractivity contribution is 5.92. The molecule has 0 heterocycles. The molecule has 6 heteroatoms. The number of hydrogen-bond donors (Lipinski definition) is 2. The van der Waals surface area contributed by atoms with Crippen molar-refractivity contribution in [3.05, 3.63) is 54.1 Å². The monoisotopic (exact) mass is 364 g/mol. The molecule has 0 aliphatic rings. The molecular formula is C19H25ClN2O3. The van der Waals surface area contributed by atoms with E-state index >= 15 is 0 Å². The second-order valence-corrected chi connectivity index (χ2v) is 5.64. The van der Waals surface area contributed by atoms with Crippen LogP contribution in [-0.2, 0) is 16.0 Å². The molecule has 25 heavy (non-hydrogen) atoms. The largest absolute Gasteiger partial charge is 0.457 e. The summed E-state index contributed by atoms with van der Waals surface area (Å²) in [5, 5.41) is 2.82. The quantitative estimate of drug-likeness (QED) is 0.750. The molecule has 3 N–H and O–H groups in total. The molecule has 0 aromatic heterocycles. The van der Waals surface area contributed by atoms with Crippen LogP contribution in [-0.4, -0.2) is 26.2 Å². The van der Waals surface area contributed by atoms with E-state index in [4.69, 9.17) is 15.2 Å². The van der Waals surface area contributed by atoms with Gasteiger partial charge in [-0.25, -0.2) is 0 Å². The van der Waals surface area contributed by atoms with Crippen molar-refractivity contribution in [2.75, 3.05) is 25.6 Å². The predicted octanol–water partition coefficient (Wildman–Crippen LogP) is 3.62. The summed E-state index contributed by atoms with van der Waals surface area (Å²) in [4.78, 5) is 11.8. The van der Waals surface area contributed by atoms with Crippen molar-refractivity contribution in [3.8, 4) is 11.5 Å². The first-order valence-electron chi connectivity index (χ1n) is 7.99. The number of amides is 1. The average molecular weight is 365 g/mol. The Hall–Kier alpha value is -2.08. The number of nitrogens with two attached hydrogens (primary N) is 1. The van der Waals surface area contributed by atoms with Crippen LogP contribution in [0.1, 0.15) is 12.5 Å². The van der Waals surface area contributed by atoms with Crippen LogP contribution >= 0.6 is 12.4 Å². The summed E-state index contributed by atoms with van der Waals surface area (Å²) < 4.78 is 10.9. The van der Waals surface area contributed by atoms with Crippen LogP contribution < -0.4 is 15.8 Å². The van der Waals surface area contributed by atoms with Gasteiger partial charge < -0.3 is 20.5 Å². The third-order valence-electron chi connectivity index (χ3n) is 3.68. The molecular weight excluding hydrogens is 340 g/mol. The molecule has 0 aliphatic carbocycles. The van der Waals surface area contributed by atoms with Crippen LogP contribution in [0.5, 0.6) is 11.5 Å². The van der Waals surface area contributed by atoms with E-state index in [0.29, 0.717) is 18.9 Å². The number of methoxy groups -OCH3 is 1.